The van der Waals surface area contributed by atoms with Gasteiger partial charge >= 0.3 is 0 Å². The molecule has 0 atom stereocenters. The van der Waals surface area contributed by atoms with Gasteiger partial charge in [-0.05, 0) is 25.0 Å². The number of hydrogen-bond donors (Lipinski definition) is 1. The van der Waals surface area contributed by atoms with Gasteiger partial charge in [-0.1, -0.05) is 37.3 Å². The van der Waals surface area contributed by atoms with E-state index in [1.807, 2.05) is 12.3 Å². The van der Waals surface area contributed by atoms with E-state index < -0.39 is 0 Å². The largest absolute Gasteiger partial charge is 0.277 e. The molecule has 2 N–H and O–H groups in total. The smallest absolute Gasteiger partial charge is 0.0722 e. The third-order valence-corrected chi connectivity index (χ3v) is 4.09. The molecule has 1 aromatic heterocycles. The lowest BCUT2D eigenvalue weighted by Crippen LogP contribution is -2.28. The van der Waals surface area contributed by atoms with Gasteiger partial charge in [0.25, 0.3) is 0 Å². The first-order valence-electron chi connectivity index (χ1n) is 5.17. The summed E-state index contributed by atoms with van der Waals surface area (Å²) in [5.74, 6) is 0. The van der Waals surface area contributed by atoms with Gasteiger partial charge in [-0.15, -0.1) is 0 Å². The van der Waals surface area contributed by atoms with Crippen molar-refractivity contribution in [3.63, 3.8) is 0 Å². The fourth-order valence-electron chi connectivity index (χ4n) is 2.19. The summed E-state index contributed by atoms with van der Waals surface area (Å²) < 4.78 is 0.0967. The number of aromatic nitrogens is 1. The predicted molar refractivity (Wildman–Crippen MR) is 60.8 cm³/mol. The van der Waals surface area contributed by atoms with Gasteiger partial charge in [0.2, 0.25) is 0 Å². The van der Waals surface area contributed by atoms with Gasteiger partial charge in [-0.2, -0.15) is 0 Å². The Morgan fingerprint density at radius 1 is 1.21 bits per heavy atom. The van der Waals surface area contributed by atoms with Gasteiger partial charge in [-0.3, -0.25) is 10.1 Å². The van der Waals surface area contributed by atoms with Crippen LogP contribution in [0.2, 0.25) is 0 Å². The molecule has 14 heavy (non-hydrogen) atoms. The molecule has 0 aliphatic heterocycles. The van der Waals surface area contributed by atoms with E-state index in [9.17, 15) is 0 Å². The first kappa shape index (κ1) is 9.99. The molecule has 76 valence electrons. The monoisotopic (exact) mass is 208 g/mol. The molecule has 2 nitrogen and oxygen atoms in total. The Hall–Kier alpha value is -0.540. The summed E-state index contributed by atoms with van der Waals surface area (Å²) in [5, 5.41) is 5.85. The van der Waals surface area contributed by atoms with Crippen molar-refractivity contribution in [2.24, 2.45) is 5.14 Å². The maximum Gasteiger partial charge on any atom is 0.0722 e. The summed E-state index contributed by atoms with van der Waals surface area (Å²) in [6, 6.07) is 6.11. The van der Waals surface area contributed by atoms with E-state index in [0.717, 1.165) is 5.69 Å². The number of hydrogen-bond acceptors (Lipinski definition) is 3. The summed E-state index contributed by atoms with van der Waals surface area (Å²) in [5.41, 5.74) is 1.16. The maximum atomic E-state index is 5.85. The second-order valence-corrected chi connectivity index (χ2v) is 4.90. The Balaban J connectivity index is 2.27. The minimum atomic E-state index is 0.0967. The fourth-order valence-corrected chi connectivity index (χ4v) is 2.96. The molecule has 1 aliphatic rings. The highest BCUT2D eigenvalue weighted by atomic mass is 32.2. The molecule has 1 fully saturated rings. The summed E-state index contributed by atoms with van der Waals surface area (Å²) in [6.07, 6.45) is 8.11. The molecule has 0 bridgehead atoms. The van der Waals surface area contributed by atoms with Crippen LogP contribution >= 0.6 is 11.9 Å². The molecule has 2 rings (SSSR count). The van der Waals surface area contributed by atoms with E-state index in [0.29, 0.717) is 0 Å². The molecule has 0 saturated heterocycles. The Labute approximate surface area is 89.4 Å². The predicted octanol–water partition coefficient (Wildman–Crippen LogP) is 2.85. The lowest BCUT2D eigenvalue weighted by molar-refractivity contribution is 0.400. The molecule has 0 aromatic carbocycles. The number of rotatable bonds is 2. The van der Waals surface area contributed by atoms with Gasteiger partial charge in [0.1, 0.15) is 0 Å². The van der Waals surface area contributed by atoms with E-state index in [1.54, 1.807) is 0 Å². The molecule has 1 aliphatic carbocycles. The summed E-state index contributed by atoms with van der Waals surface area (Å²) in [6.45, 7) is 0. The molecule has 0 unspecified atom stereocenters. The molecule has 1 heterocycles. The standard InChI is InChI=1S/C11H16N2S/c12-14-11(7-3-1-4-8-11)10-6-2-5-9-13-10/h2,5-6,9H,1,3-4,7-8,12H2. The summed E-state index contributed by atoms with van der Waals surface area (Å²) >= 11 is 1.48. The van der Waals surface area contributed by atoms with Crippen molar-refractivity contribution in [3.05, 3.63) is 30.1 Å². The van der Waals surface area contributed by atoms with Crippen molar-refractivity contribution in [2.45, 2.75) is 36.9 Å². The summed E-state index contributed by atoms with van der Waals surface area (Å²) in [4.78, 5) is 4.44. The van der Waals surface area contributed by atoms with E-state index in [2.05, 4.69) is 17.1 Å². The number of pyridine rings is 1. The van der Waals surface area contributed by atoms with Gasteiger partial charge in [0.15, 0.2) is 0 Å². The van der Waals surface area contributed by atoms with Crippen LogP contribution in [0.5, 0.6) is 0 Å². The SMILES string of the molecule is NSC1(c2ccccn2)CCCCC1. The fraction of sp³-hybridized carbons (Fsp3) is 0.545. The highest BCUT2D eigenvalue weighted by molar-refractivity contribution is 7.98. The normalized spacial score (nSPS) is 20.6. The van der Waals surface area contributed by atoms with Crippen LogP contribution in [-0.4, -0.2) is 4.98 Å². The second kappa shape index (κ2) is 4.32. The van der Waals surface area contributed by atoms with E-state index in [4.69, 9.17) is 5.14 Å². The van der Waals surface area contributed by atoms with Crippen molar-refractivity contribution in [2.75, 3.05) is 0 Å². The number of nitrogens with two attached hydrogens (primary N) is 1. The van der Waals surface area contributed by atoms with E-state index in [-0.39, 0.29) is 4.75 Å². The van der Waals surface area contributed by atoms with Crippen molar-refractivity contribution in [1.29, 1.82) is 0 Å². The molecule has 0 spiro atoms. The molecule has 0 amide bonds. The first-order chi connectivity index (χ1) is 6.87. The van der Waals surface area contributed by atoms with Crippen LogP contribution in [0, 0.1) is 0 Å². The van der Waals surface area contributed by atoms with Crippen molar-refractivity contribution < 1.29 is 0 Å². The third-order valence-electron chi connectivity index (χ3n) is 3.02. The highest BCUT2D eigenvalue weighted by Gasteiger charge is 2.34. The van der Waals surface area contributed by atoms with Gasteiger partial charge < -0.3 is 0 Å². The lowest BCUT2D eigenvalue weighted by atomic mass is 9.85. The Morgan fingerprint density at radius 2 is 2.00 bits per heavy atom. The van der Waals surface area contributed by atoms with Crippen LogP contribution in [0.1, 0.15) is 37.8 Å². The average molecular weight is 208 g/mol. The minimum Gasteiger partial charge on any atom is -0.277 e. The zero-order valence-electron chi connectivity index (χ0n) is 8.28. The van der Waals surface area contributed by atoms with Crippen LogP contribution in [0.15, 0.2) is 24.4 Å². The molecule has 0 radical (unpaired) electrons. The van der Waals surface area contributed by atoms with Gasteiger partial charge in [0.05, 0.1) is 10.4 Å². The molecular formula is C11H16N2S. The number of nitrogens with zero attached hydrogens (tertiary/aromatic N) is 1. The minimum absolute atomic E-state index is 0.0967. The second-order valence-electron chi connectivity index (χ2n) is 3.89. The van der Waals surface area contributed by atoms with Gasteiger partial charge in [-0.25, -0.2) is 0 Å². The third kappa shape index (κ3) is 1.79. The molecule has 3 heteroatoms. The zero-order valence-corrected chi connectivity index (χ0v) is 9.09. The Bertz CT molecular complexity index is 281. The molecule has 1 saturated carbocycles. The molecule has 1 aromatic rings. The van der Waals surface area contributed by atoms with Crippen molar-refractivity contribution in [3.8, 4) is 0 Å². The topological polar surface area (TPSA) is 38.9 Å². The average Bonchev–Trinajstić information content (AvgIpc) is 2.31. The zero-order chi connectivity index (χ0) is 9.86. The van der Waals surface area contributed by atoms with Crippen LogP contribution < -0.4 is 5.14 Å². The van der Waals surface area contributed by atoms with E-state index in [1.165, 1.54) is 44.1 Å². The Morgan fingerprint density at radius 3 is 2.57 bits per heavy atom. The highest BCUT2D eigenvalue weighted by Crippen LogP contribution is 2.44. The summed E-state index contributed by atoms with van der Waals surface area (Å²) in [7, 11) is 0. The van der Waals surface area contributed by atoms with Gasteiger partial charge in [0, 0.05) is 6.20 Å². The van der Waals surface area contributed by atoms with Crippen molar-refractivity contribution >= 4 is 11.9 Å². The maximum absolute atomic E-state index is 5.85. The quantitative estimate of drug-likeness (QED) is 0.760. The lowest BCUT2D eigenvalue weighted by Gasteiger charge is -2.34. The van der Waals surface area contributed by atoms with E-state index >= 15 is 0 Å². The van der Waals surface area contributed by atoms with Crippen LogP contribution in [0.25, 0.3) is 0 Å². The first-order valence-corrected chi connectivity index (χ1v) is 6.05. The molecular weight excluding hydrogens is 192 g/mol. The van der Waals surface area contributed by atoms with Crippen LogP contribution in [-0.2, 0) is 4.75 Å². The van der Waals surface area contributed by atoms with Crippen molar-refractivity contribution in [1.82, 2.24) is 4.98 Å². The van der Waals surface area contributed by atoms with Crippen LogP contribution in [0.3, 0.4) is 0 Å². The van der Waals surface area contributed by atoms with Crippen LogP contribution in [0.4, 0.5) is 0 Å². The Kier molecular flexibility index (Phi) is 3.08.